The molecule has 2 rings (SSSR count). The number of rotatable bonds is 3. The van der Waals surface area contributed by atoms with Gasteiger partial charge < -0.3 is 9.88 Å². The van der Waals surface area contributed by atoms with E-state index in [0.717, 1.165) is 10.2 Å². The molecule has 2 amide bonds. The number of thiazole rings is 1. The Morgan fingerprint density at radius 2 is 2.11 bits per heavy atom. The summed E-state index contributed by atoms with van der Waals surface area (Å²) in [7, 11) is 1.89. The molecule has 1 N–H and O–H groups in total. The molecule has 1 aromatic heterocycles. The number of carbonyl (C=O) groups excluding carboxylic acids is 2. The summed E-state index contributed by atoms with van der Waals surface area (Å²) in [5.74, 6) is -0.365. The standard InChI is InChI=1S/C13H15N3O2S/c1-9(17)14-8-7-12(18)15-13-16(2)10-5-3-4-6-11(10)19-13/h3-6H,7-8H2,1-2H3,(H,14,17). The van der Waals surface area contributed by atoms with E-state index in [1.165, 1.54) is 18.3 Å². The number of aryl methyl sites for hydroxylation is 1. The van der Waals surface area contributed by atoms with E-state index in [9.17, 15) is 9.59 Å². The summed E-state index contributed by atoms with van der Waals surface area (Å²) in [5.41, 5.74) is 1.06. The predicted molar refractivity (Wildman–Crippen MR) is 74.7 cm³/mol. The second-order valence-electron chi connectivity index (χ2n) is 4.15. The molecule has 1 aromatic carbocycles. The number of hydrogen-bond acceptors (Lipinski definition) is 3. The molecule has 5 nitrogen and oxygen atoms in total. The van der Waals surface area contributed by atoms with Crippen molar-refractivity contribution in [2.75, 3.05) is 6.54 Å². The Hall–Kier alpha value is -1.95. The van der Waals surface area contributed by atoms with Crippen molar-refractivity contribution in [1.82, 2.24) is 9.88 Å². The van der Waals surface area contributed by atoms with E-state index in [0.29, 0.717) is 11.3 Å². The van der Waals surface area contributed by atoms with Crippen molar-refractivity contribution in [1.29, 1.82) is 0 Å². The van der Waals surface area contributed by atoms with E-state index in [4.69, 9.17) is 0 Å². The van der Waals surface area contributed by atoms with Crippen molar-refractivity contribution < 1.29 is 9.59 Å². The van der Waals surface area contributed by atoms with Gasteiger partial charge in [-0.3, -0.25) is 9.59 Å². The van der Waals surface area contributed by atoms with Gasteiger partial charge in [0, 0.05) is 26.9 Å². The molecule has 0 saturated heterocycles. The molecule has 1 heterocycles. The first kappa shape index (κ1) is 13.5. The quantitative estimate of drug-likeness (QED) is 0.916. The third-order valence-electron chi connectivity index (χ3n) is 2.65. The third kappa shape index (κ3) is 3.29. The van der Waals surface area contributed by atoms with Crippen LogP contribution in [-0.4, -0.2) is 22.9 Å². The molecule has 0 aliphatic carbocycles. The van der Waals surface area contributed by atoms with Crippen LogP contribution in [0.3, 0.4) is 0 Å². The maximum atomic E-state index is 11.7. The molecular formula is C13H15N3O2S. The van der Waals surface area contributed by atoms with Gasteiger partial charge in [0.15, 0.2) is 4.80 Å². The Morgan fingerprint density at radius 1 is 1.37 bits per heavy atom. The highest BCUT2D eigenvalue weighted by molar-refractivity contribution is 7.16. The van der Waals surface area contributed by atoms with Gasteiger partial charge in [0.25, 0.3) is 0 Å². The summed E-state index contributed by atoms with van der Waals surface area (Å²) in [6, 6.07) is 7.91. The maximum absolute atomic E-state index is 11.7. The van der Waals surface area contributed by atoms with Crippen LogP contribution in [0, 0.1) is 0 Å². The van der Waals surface area contributed by atoms with Crippen LogP contribution >= 0.6 is 11.3 Å². The lowest BCUT2D eigenvalue weighted by atomic mass is 10.3. The molecule has 19 heavy (non-hydrogen) atoms. The fourth-order valence-electron chi connectivity index (χ4n) is 1.70. The van der Waals surface area contributed by atoms with E-state index in [1.807, 2.05) is 35.9 Å². The minimum Gasteiger partial charge on any atom is -0.356 e. The van der Waals surface area contributed by atoms with Crippen molar-refractivity contribution in [3.63, 3.8) is 0 Å². The van der Waals surface area contributed by atoms with Crippen LogP contribution < -0.4 is 10.1 Å². The first-order chi connectivity index (χ1) is 9.08. The van der Waals surface area contributed by atoms with Crippen LogP contribution in [0.2, 0.25) is 0 Å². The second kappa shape index (κ2) is 5.79. The van der Waals surface area contributed by atoms with Crippen LogP contribution in [0.1, 0.15) is 13.3 Å². The smallest absolute Gasteiger partial charge is 0.250 e. The van der Waals surface area contributed by atoms with Crippen LogP contribution in [-0.2, 0) is 16.6 Å². The maximum Gasteiger partial charge on any atom is 0.250 e. The summed E-state index contributed by atoms with van der Waals surface area (Å²) >= 11 is 1.48. The lowest BCUT2D eigenvalue weighted by molar-refractivity contribution is -0.119. The van der Waals surface area contributed by atoms with E-state index >= 15 is 0 Å². The van der Waals surface area contributed by atoms with Gasteiger partial charge in [-0.2, -0.15) is 4.99 Å². The number of benzene rings is 1. The number of amides is 2. The molecule has 100 valence electrons. The molecule has 0 spiro atoms. The molecule has 2 aromatic rings. The number of fused-ring (bicyclic) bond motifs is 1. The molecule has 0 fully saturated rings. The minimum absolute atomic E-state index is 0.139. The fourth-order valence-corrected chi connectivity index (χ4v) is 2.73. The summed E-state index contributed by atoms with van der Waals surface area (Å²) in [4.78, 5) is 27.2. The molecule has 0 radical (unpaired) electrons. The van der Waals surface area contributed by atoms with E-state index in [1.54, 1.807) is 0 Å². The molecule has 0 aliphatic heterocycles. The highest BCUT2D eigenvalue weighted by atomic mass is 32.1. The summed E-state index contributed by atoms with van der Waals surface area (Å²) in [6.07, 6.45) is 0.216. The minimum atomic E-state index is -0.226. The third-order valence-corrected chi connectivity index (χ3v) is 3.76. The molecule has 0 bridgehead atoms. The van der Waals surface area contributed by atoms with Crippen molar-refractivity contribution in [2.24, 2.45) is 12.0 Å². The Balaban J connectivity index is 2.19. The highest BCUT2D eigenvalue weighted by Gasteiger charge is 2.04. The van der Waals surface area contributed by atoms with Gasteiger partial charge in [-0.1, -0.05) is 23.5 Å². The predicted octanol–water partition coefficient (Wildman–Crippen LogP) is 1.19. The first-order valence-electron chi connectivity index (χ1n) is 5.94. The van der Waals surface area contributed by atoms with Crippen LogP contribution in [0.25, 0.3) is 10.2 Å². The van der Waals surface area contributed by atoms with Crippen molar-refractivity contribution in [2.45, 2.75) is 13.3 Å². The average Bonchev–Trinajstić information content (AvgIpc) is 2.66. The van der Waals surface area contributed by atoms with Crippen molar-refractivity contribution >= 4 is 33.4 Å². The summed E-state index contributed by atoms with van der Waals surface area (Å²) in [6.45, 7) is 1.75. The van der Waals surface area contributed by atoms with Crippen molar-refractivity contribution in [3.8, 4) is 0 Å². The van der Waals surface area contributed by atoms with Crippen LogP contribution in [0.5, 0.6) is 0 Å². The first-order valence-corrected chi connectivity index (χ1v) is 6.76. The van der Waals surface area contributed by atoms with Gasteiger partial charge in [-0.15, -0.1) is 0 Å². The zero-order valence-electron chi connectivity index (χ0n) is 10.8. The molecule has 0 saturated carbocycles. The second-order valence-corrected chi connectivity index (χ2v) is 5.16. The van der Waals surface area contributed by atoms with Gasteiger partial charge >= 0.3 is 0 Å². The van der Waals surface area contributed by atoms with Gasteiger partial charge in [0.05, 0.1) is 10.2 Å². The number of hydrogen-bond donors (Lipinski definition) is 1. The number of aromatic nitrogens is 1. The lowest BCUT2D eigenvalue weighted by Crippen LogP contribution is -2.23. The molecule has 6 heteroatoms. The van der Waals surface area contributed by atoms with E-state index in [-0.39, 0.29) is 18.2 Å². The molecule has 0 unspecified atom stereocenters. The van der Waals surface area contributed by atoms with Crippen LogP contribution in [0.15, 0.2) is 29.3 Å². The number of nitrogens with zero attached hydrogens (tertiary/aromatic N) is 2. The highest BCUT2D eigenvalue weighted by Crippen LogP contribution is 2.15. The normalized spacial score (nSPS) is 11.8. The molecular weight excluding hydrogens is 262 g/mol. The van der Waals surface area contributed by atoms with E-state index in [2.05, 4.69) is 10.3 Å². The lowest BCUT2D eigenvalue weighted by Gasteiger charge is -1.97. The number of carbonyl (C=O) groups is 2. The Kier molecular flexibility index (Phi) is 4.11. The average molecular weight is 277 g/mol. The summed E-state index contributed by atoms with van der Waals surface area (Å²) < 4.78 is 2.99. The van der Waals surface area contributed by atoms with E-state index < -0.39 is 0 Å². The largest absolute Gasteiger partial charge is 0.356 e. The summed E-state index contributed by atoms with van der Waals surface area (Å²) in [5, 5.41) is 2.58. The SMILES string of the molecule is CC(=O)NCCC(=O)N=c1sc2ccccc2n1C. The fraction of sp³-hybridized carbons (Fsp3) is 0.308. The number of nitrogens with one attached hydrogen (secondary N) is 1. The number of para-hydroxylation sites is 1. The van der Waals surface area contributed by atoms with Gasteiger partial charge in [-0.25, -0.2) is 0 Å². The van der Waals surface area contributed by atoms with Crippen molar-refractivity contribution in [3.05, 3.63) is 29.1 Å². The Bertz CT molecular complexity index is 684. The van der Waals surface area contributed by atoms with Crippen LogP contribution in [0.4, 0.5) is 0 Å². The zero-order valence-corrected chi connectivity index (χ0v) is 11.7. The van der Waals surface area contributed by atoms with Gasteiger partial charge in [-0.05, 0) is 12.1 Å². The zero-order chi connectivity index (χ0) is 13.8. The van der Waals surface area contributed by atoms with Gasteiger partial charge in [0.1, 0.15) is 0 Å². The molecule has 0 atom stereocenters. The molecule has 0 aliphatic rings. The monoisotopic (exact) mass is 277 g/mol. The Morgan fingerprint density at radius 3 is 2.79 bits per heavy atom. The topological polar surface area (TPSA) is 63.5 Å². The Labute approximate surface area is 114 Å². The van der Waals surface area contributed by atoms with Gasteiger partial charge in [0.2, 0.25) is 11.8 Å².